The monoisotopic (exact) mass is 264 g/mol. The van der Waals surface area contributed by atoms with Gasteiger partial charge in [0.25, 0.3) is 5.91 Å². The Bertz CT molecular complexity index is 458. The zero-order valence-corrected chi connectivity index (χ0v) is 10.7. The summed E-state index contributed by atoms with van der Waals surface area (Å²) in [6, 6.07) is 7.03. The first-order chi connectivity index (χ1) is 9.20. The minimum Gasteiger partial charge on any atom is -0.450 e. The molecule has 1 aromatic rings. The first-order valence-corrected chi connectivity index (χ1v) is 6.12. The van der Waals surface area contributed by atoms with Crippen molar-refractivity contribution in [2.75, 3.05) is 36.6 Å². The lowest BCUT2D eigenvalue weighted by Crippen LogP contribution is -2.41. The van der Waals surface area contributed by atoms with E-state index in [9.17, 15) is 9.59 Å². The number of benzene rings is 1. The molecule has 1 aliphatic rings. The van der Waals surface area contributed by atoms with Crippen LogP contribution in [0.3, 0.4) is 0 Å². The van der Waals surface area contributed by atoms with E-state index < -0.39 is 6.09 Å². The fourth-order valence-corrected chi connectivity index (χ4v) is 1.80. The molecule has 0 bridgehead atoms. The Morgan fingerprint density at radius 2 is 2.16 bits per heavy atom. The van der Waals surface area contributed by atoms with Gasteiger partial charge in [-0.2, -0.15) is 0 Å². The predicted octanol–water partition coefficient (Wildman–Crippen LogP) is 1.62. The van der Waals surface area contributed by atoms with Crippen molar-refractivity contribution in [2.24, 2.45) is 0 Å². The van der Waals surface area contributed by atoms with Gasteiger partial charge >= 0.3 is 6.09 Å². The fourth-order valence-electron chi connectivity index (χ4n) is 1.80. The van der Waals surface area contributed by atoms with Gasteiger partial charge < -0.3 is 14.4 Å². The second kappa shape index (κ2) is 6.19. The molecule has 1 heterocycles. The number of carbonyl (C=O) groups is 2. The van der Waals surface area contributed by atoms with Gasteiger partial charge in [-0.15, -0.1) is 0 Å². The van der Waals surface area contributed by atoms with Gasteiger partial charge in [-0.25, -0.2) is 4.79 Å². The molecular weight excluding hydrogens is 248 g/mol. The van der Waals surface area contributed by atoms with Gasteiger partial charge in [-0.1, -0.05) is 0 Å². The van der Waals surface area contributed by atoms with Crippen LogP contribution in [0.4, 0.5) is 16.2 Å². The lowest BCUT2D eigenvalue weighted by Gasteiger charge is -2.26. The molecule has 0 unspecified atom stereocenters. The number of ether oxygens (including phenoxy) is 2. The van der Waals surface area contributed by atoms with Crippen LogP contribution in [0.1, 0.15) is 6.92 Å². The Kier molecular flexibility index (Phi) is 4.35. The molecule has 1 aromatic carbocycles. The predicted molar refractivity (Wildman–Crippen MR) is 70.3 cm³/mol. The molecule has 1 fully saturated rings. The van der Waals surface area contributed by atoms with Gasteiger partial charge in [-0.3, -0.25) is 10.1 Å². The zero-order chi connectivity index (χ0) is 13.7. The van der Waals surface area contributed by atoms with Crippen molar-refractivity contribution < 1.29 is 19.1 Å². The summed E-state index contributed by atoms with van der Waals surface area (Å²) in [6.45, 7) is 3.26. The lowest BCUT2D eigenvalue weighted by atomic mass is 10.2. The third-order valence-corrected chi connectivity index (χ3v) is 2.69. The van der Waals surface area contributed by atoms with Crippen molar-refractivity contribution in [3.05, 3.63) is 24.3 Å². The number of nitrogens with zero attached hydrogens (tertiary/aromatic N) is 1. The Hall–Kier alpha value is -2.08. The molecule has 2 amide bonds. The molecule has 1 saturated heterocycles. The van der Waals surface area contributed by atoms with Crippen LogP contribution in [-0.2, 0) is 14.3 Å². The van der Waals surface area contributed by atoms with Crippen molar-refractivity contribution in [3.63, 3.8) is 0 Å². The first kappa shape index (κ1) is 13.4. The second-order valence-electron chi connectivity index (χ2n) is 3.99. The molecule has 0 saturated carbocycles. The normalized spacial score (nSPS) is 15.2. The third-order valence-electron chi connectivity index (χ3n) is 2.69. The molecule has 1 aliphatic heterocycles. The summed E-state index contributed by atoms with van der Waals surface area (Å²) >= 11 is 0. The summed E-state index contributed by atoms with van der Waals surface area (Å²) in [4.78, 5) is 24.6. The highest BCUT2D eigenvalue weighted by molar-refractivity contribution is 5.95. The lowest BCUT2D eigenvalue weighted by molar-refractivity contribution is -0.125. The highest BCUT2D eigenvalue weighted by Gasteiger charge is 2.19. The van der Waals surface area contributed by atoms with Crippen LogP contribution in [-0.4, -0.2) is 38.4 Å². The summed E-state index contributed by atoms with van der Waals surface area (Å²) in [5.41, 5.74) is 1.42. The maximum absolute atomic E-state index is 11.7. The topological polar surface area (TPSA) is 67.9 Å². The number of rotatable bonds is 3. The van der Waals surface area contributed by atoms with Gasteiger partial charge in [0.05, 0.1) is 13.2 Å². The van der Waals surface area contributed by atoms with Crippen molar-refractivity contribution in [1.82, 2.24) is 0 Å². The van der Waals surface area contributed by atoms with Crippen LogP contribution in [0.2, 0.25) is 0 Å². The number of anilines is 2. The molecule has 6 nitrogen and oxygen atoms in total. The van der Waals surface area contributed by atoms with E-state index in [0.29, 0.717) is 25.4 Å². The number of carbonyl (C=O) groups excluding carboxylic acids is 2. The van der Waals surface area contributed by atoms with Crippen LogP contribution in [0.5, 0.6) is 0 Å². The Morgan fingerprint density at radius 3 is 2.79 bits per heavy atom. The maximum Gasteiger partial charge on any atom is 0.411 e. The quantitative estimate of drug-likeness (QED) is 0.900. The molecule has 102 valence electrons. The number of hydrogen-bond acceptors (Lipinski definition) is 4. The summed E-state index contributed by atoms with van der Waals surface area (Å²) in [5.74, 6) is -0.0580. The van der Waals surface area contributed by atoms with Crippen molar-refractivity contribution in [2.45, 2.75) is 6.92 Å². The van der Waals surface area contributed by atoms with Gasteiger partial charge in [0.2, 0.25) is 0 Å². The van der Waals surface area contributed by atoms with Gasteiger partial charge in [-0.05, 0) is 31.2 Å². The smallest absolute Gasteiger partial charge is 0.411 e. The highest BCUT2D eigenvalue weighted by atomic mass is 16.5. The van der Waals surface area contributed by atoms with E-state index in [1.807, 2.05) is 0 Å². The largest absolute Gasteiger partial charge is 0.450 e. The summed E-state index contributed by atoms with van der Waals surface area (Å²) in [6.07, 6.45) is -0.488. The highest BCUT2D eigenvalue weighted by Crippen LogP contribution is 2.19. The summed E-state index contributed by atoms with van der Waals surface area (Å²) in [7, 11) is 0. The molecule has 19 heavy (non-hydrogen) atoms. The van der Waals surface area contributed by atoms with E-state index >= 15 is 0 Å². The van der Waals surface area contributed by atoms with E-state index in [4.69, 9.17) is 9.47 Å². The average molecular weight is 264 g/mol. The van der Waals surface area contributed by atoms with Crippen LogP contribution < -0.4 is 10.2 Å². The molecule has 0 radical (unpaired) electrons. The minimum atomic E-state index is -0.488. The summed E-state index contributed by atoms with van der Waals surface area (Å²) < 4.78 is 9.85. The third kappa shape index (κ3) is 3.45. The minimum absolute atomic E-state index is 0.0580. The molecule has 0 atom stereocenters. The second-order valence-corrected chi connectivity index (χ2v) is 3.99. The molecule has 0 aromatic heterocycles. The van der Waals surface area contributed by atoms with Crippen molar-refractivity contribution in [1.29, 1.82) is 0 Å². The van der Waals surface area contributed by atoms with Crippen LogP contribution in [0, 0.1) is 0 Å². The first-order valence-electron chi connectivity index (χ1n) is 6.12. The van der Waals surface area contributed by atoms with Crippen LogP contribution in [0.25, 0.3) is 0 Å². The van der Waals surface area contributed by atoms with Gasteiger partial charge in [0.1, 0.15) is 6.61 Å². The standard InChI is InChI=1S/C13H16N2O4/c1-2-19-13(17)14-10-3-5-11(6-4-10)15-7-8-18-9-12(15)16/h3-6H,2,7-9H2,1H3,(H,14,17). The van der Waals surface area contributed by atoms with E-state index in [2.05, 4.69) is 5.32 Å². The Morgan fingerprint density at radius 1 is 1.42 bits per heavy atom. The average Bonchev–Trinajstić information content (AvgIpc) is 2.41. The molecule has 1 N–H and O–H groups in total. The van der Waals surface area contributed by atoms with Crippen LogP contribution >= 0.6 is 0 Å². The van der Waals surface area contributed by atoms with E-state index in [1.54, 1.807) is 36.1 Å². The number of morpholine rings is 1. The summed E-state index contributed by atoms with van der Waals surface area (Å²) in [5, 5.41) is 2.59. The fraction of sp³-hybridized carbons (Fsp3) is 0.385. The van der Waals surface area contributed by atoms with E-state index in [0.717, 1.165) is 5.69 Å². The maximum atomic E-state index is 11.7. The Balaban J connectivity index is 2.01. The van der Waals surface area contributed by atoms with Crippen molar-refractivity contribution in [3.8, 4) is 0 Å². The SMILES string of the molecule is CCOC(=O)Nc1ccc(N2CCOCC2=O)cc1. The van der Waals surface area contributed by atoms with Crippen molar-refractivity contribution >= 4 is 23.4 Å². The molecule has 6 heteroatoms. The number of amides is 2. The Labute approximate surface area is 111 Å². The van der Waals surface area contributed by atoms with Crippen LogP contribution in [0.15, 0.2) is 24.3 Å². The molecular formula is C13H16N2O4. The molecule has 2 rings (SSSR count). The van der Waals surface area contributed by atoms with E-state index in [1.165, 1.54) is 0 Å². The number of nitrogens with one attached hydrogen (secondary N) is 1. The zero-order valence-electron chi connectivity index (χ0n) is 10.7. The van der Waals surface area contributed by atoms with Gasteiger partial charge in [0.15, 0.2) is 0 Å². The molecule has 0 spiro atoms. The molecule has 0 aliphatic carbocycles. The van der Waals surface area contributed by atoms with Gasteiger partial charge in [0, 0.05) is 17.9 Å². The number of hydrogen-bond donors (Lipinski definition) is 1. The van der Waals surface area contributed by atoms with E-state index in [-0.39, 0.29) is 12.5 Å².